The Hall–Kier alpha value is -3.58. The number of carbonyl (C=O) groups is 1. The average molecular weight is 551 g/mol. The number of anilines is 2. The highest BCUT2D eigenvalue weighted by Crippen LogP contribution is 2.43. The maximum absolute atomic E-state index is 12.5. The van der Waals surface area contributed by atoms with Crippen molar-refractivity contribution in [1.29, 1.82) is 5.26 Å². The molecule has 1 unspecified atom stereocenters. The van der Waals surface area contributed by atoms with Gasteiger partial charge < -0.3 is 30.2 Å². The number of hydrogen-bond donors (Lipinski definition) is 3. The molecule has 0 spiro atoms. The summed E-state index contributed by atoms with van der Waals surface area (Å²) in [7, 11) is 1.64. The first kappa shape index (κ1) is 29.4. The van der Waals surface area contributed by atoms with Gasteiger partial charge in [0.2, 0.25) is 5.95 Å². The van der Waals surface area contributed by atoms with Gasteiger partial charge in [-0.3, -0.25) is 0 Å². The van der Waals surface area contributed by atoms with E-state index in [0.29, 0.717) is 61.4 Å². The van der Waals surface area contributed by atoms with Gasteiger partial charge >= 0.3 is 6.09 Å². The summed E-state index contributed by atoms with van der Waals surface area (Å²) in [5.74, 6) is 3.04. The topological polar surface area (TPSA) is 130 Å². The summed E-state index contributed by atoms with van der Waals surface area (Å²) in [6.45, 7) is 7.83. The van der Waals surface area contributed by atoms with Crippen LogP contribution in [-0.4, -0.2) is 54.6 Å². The third kappa shape index (κ3) is 8.21. The standard InChI is InChI=1S/C30H42N6O4/c1-30(2,3)40-29(37)35-26-21-9-7-10-22(26)15-20(14-21)17-32-27-24(16-31)19-34-28(36-27)33-18-23-8-5-6-11-25(23)39-13-12-38-4/h5-6,8,11,19-22,26H,7,9-10,12-15,17-18H2,1-4H3,(H,35,37)(H2,32,33,34,36)/t20?,21-,22+,26-. The van der Waals surface area contributed by atoms with Gasteiger partial charge in [-0.15, -0.1) is 0 Å². The van der Waals surface area contributed by atoms with Crippen molar-refractivity contribution in [2.75, 3.05) is 37.5 Å². The maximum atomic E-state index is 12.5. The highest BCUT2D eigenvalue weighted by Gasteiger charge is 2.41. The molecule has 10 heteroatoms. The zero-order valence-electron chi connectivity index (χ0n) is 24.0. The molecule has 2 saturated carbocycles. The van der Waals surface area contributed by atoms with E-state index in [4.69, 9.17) is 14.2 Å². The van der Waals surface area contributed by atoms with Gasteiger partial charge in [0.25, 0.3) is 0 Å². The Kier molecular flexibility index (Phi) is 10.0. The molecule has 1 aromatic heterocycles. The predicted octanol–water partition coefficient (Wildman–Crippen LogP) is 5.12. The van der Waals surface area contributed by atoms with Gasteiger partial charge in [0.1, 0.15) is 35.4 Å². The van der Waals surface area contributed by atoms with Gasteiger partial charge in [-0.1, -0.05) is 24.6 Å². The number of hydrogen-bond acceptors (Lipinski definition) is 9. The van der Waals surface area contributed by atoms with Crippen LogP contribution in [-0.2, 0) is 16.0 Å². The Balaban J connectivity index is 1.34. The Labute approximate surface area is 237 Å². The van der Waals surface area contributed by atoms with Crippen LogP contribution < -0.4 is 20.7 Å². The van der Waals surface area contributed by atoms with Gasteiger partial charge in [0.05, 0.1) is 12.8 Å². The normalized spacial score (nSPS) is 22.1. The molecule has 2 aromatic rings. The number of aromatic nitrogens is 2. The molecule has 40 heavy (non-hydrogen) atoms. The molecule has 2 aliphatic rings. The quantitative estimate of drug-likeness (QED) is 0.326. The molecular weight excluding hydrogens is 508 g/mol. The second-order valence-electron chi connectivity index (χ2n) is 11.7. The van der Waals surface area contributed by atoms with Crippen LogP contribution >= 0.6 is 0 Å². The summed E-state index contributed by atoms with van der Waals surface area (Å²) >= 11 is 0. The minimum atomic E-state index is -0.509. The van der Waals surface area contributed by atoms with E-state index in [2.05, 4.69) is 32.0 Å². The van der Waals surface area contributed by atoms with E-state index in [-0.39, 0.29) is 12.1 Å². The van der Waals surface area contributed by atoms with Gasteiger partial charge in [-0.05, 0) is 70.3 Å². The van der Waals surface area contributed by atoms with E-state index in [1.165, 1.54) is 6.42 Å². The van der Waals surface area contributed by atoms with E-state index >= 15 is 0 Å². The Morgan fingerprint density at radius 2 is 1.88 bits per heavy atom. The number of nitrogens with zero attached hydrogens (tertiary/aromatic N) is 3. The predicted molar refractivity (Wildman–Crippen MR) is 153 cm³/mol. The molecule has 0 radical (unpaired) electrons. The lowest BCUT2D eigenvalue weighted by Crippen LogP contribution is -2.52. The van der Waals surface area contributed by atoms with Crippen molar-refractivity contribution in [3.63, 3.8) is 0 Å². The van der Waals surface area contributed by atoms with Crippen LogP contribution in [0.5, 0.6) is 5.75 Å². The Morgan fingerprint density at radius 1 is 1.12 bits per heavy atom. The van der Waals surface area contributed by atoms with E-state index in [0.717, 1.165) is 37.0 Å². The van der Waals surface area contributed by atoms with Crippen molar-refractivity contribution < 1.29 is 19.0 Å². The number of nitrogens with one attached hydrogen (secondary N) is 3. The van der Waals surface area contributed by atoms with Gasteiger partial charge in [0.15, 0.2) is 0 Å². The third-order valence-electron chi connectivity index (χ3n) is 7.54. The summed E-state index contributed by atoms with van der Waals surface area (Å²) in [6.07, 6.45) is 6.67. The number of rotatable bonds is 11. The van der Waals surface area contributed by atoms with E-state index < -0.39 is 5.60 Å². The molecule has 10 nitrogen and oxygen atoms in total. The maximum Gasteiger partial charge on any atom is 0.407 e. The molecule has 0 aliphatic heterocycles. The second kappa shape index (κ2) is 13.7. The molecule has 2 aliphatic carbocycles. The zero-order chi connectivity index (χ0) is 28.5. The van der Waals surface area contributed by atoms with Crippen LogP contribution in [0.15, 0.2) is 30.5 Å². The first-order valence-electron chi connectivity index (χ1n) is 14.2. The number of amides is 1. The lowest BCUT2D eigenvalue weighted by molar-refractivity contribution is 0.0324. The van der Waals surface area contributed by atoms with Crippen molar-refractivity contribution in [1.82, 2.24) is 15.3 Å². The minimum Gasteiger partial charge on any atom is -0.491 e. The van der Waals surface area contributed by atoms with Gasteiger partial charge in [0, 0.05) is 31.8 Å². The molecular formula is C30H42N6O4. The third-order valence-corrected chi connectivity index (χ3v) is 7.54. The first-order chi connectivity index (χ1) is 19.3. The zero-order valence-corrected chi connectivity index (χ0v) is 24.0. The summed E-state index contributed by atoms with van der Waals surface area (Å²) in [4.78, 5) is 21.4. The number of fused-ring (bicyclic) bond motifs is 2. The van der Waals surface area contributed by atoms with Crippen LogP contribution in [0.4, 0.5) is 16.6 Å². The van der Waals surface area contributed by atoms with Crippen LogP contribution in [0.1, 0.15) is 64.0 Å². The fourth-order valence-corrected chi connectivity index (χ4v) is 5.84. The van der Waals surface area contributed by atoms with E-state index in [1.807, 2.05) is 45.0 Å². The summed E-state index contributed by atoms with van der Waals surface area (Å²) in [6, 6.07) is 10.2. The molecule has 3 N–H and O–H groups in total. The second-order valence-corrected chi connectivity index (χ2v) is 11.7. The van der Waals surface area contributed by atoms with Gasteiger partial charge in [-0.25, -0.2) is 9.78 Å². The molecule has 0 saturated heterocycles. The average Bonchev–Trinajstić information content (AvgIpc) is 2.90. The van der Waals surface area contributed by atoms with Crippen LogP contribution in [0.3, 0.4) is 0 Å². The number of alkyl carbamates (subject to hydrolysis) is 1. The molecule has 1 heterocycles. The minimum absolute atomic E-state index is 0.158. The van der Waals surface area contributed by atoms with Crippen molar-refractivity contribution in [3.8, 4) is 11.8 Å². The molecule has 2 bridgehead atoms. The number of ether oxygens (including phenoxy) is 3. The SMILES string of the molecule is COCCOc1ccccc1CNc1ncc(C#N)c(NCC2C[C@H]3CCC[C@@H](C2)[C@@H]3NC(=O)OC(C)(C)C)n1. The van der Waals surface area contributed by atoms with Crippen molar-refractivity contribution in [3.05, 3.63) is 41.6 Å². The molecule has 4 rings (SSSR count). The van der Waals surface area contributed by atoms with Crippen molar-refractivity contribution in [2.45, 2.75) is 71.1 Å². The lowest BCUT2D eigenvalue weighted by Gasteiger charge is -2.46. The number of para-hydroxylation sites is 1. The number of benzene rings is 1. The summed E-state index contributed by atoms with van der Waals surface area (Å²) < 4.78 is 16.4. The fourth-order valence-electron chi connectivity index (χ4n) is 5.84. The molecule has 1 amide bonds. The Bertz CT molecular complexity index is 1160. The van der Waals surface area contributed by atoms with Crippen LogP contribution in [0.25, 0.3) is 0 Å². The number of nitriles is 1. The molecule has 216 valence electrons. The molecule has 1 aromatic carbocycles. The van der Waals surface area contributed by atoms with Crippen molar-refractivity contribution >= 4 is 17.9 Å². The van der Waals surface area contributed by atoms with E-state index in [1.54, 1.807) is 13.3 Å². The largest absolute Gasteiger partial charge is 0.491 e. The van der Waals surface area contributed by atoms with Crippen molar-refractivity contribution in [2.24, 2.45) is 17.8 Å². The van der Waals surface area contributed by atoms with Crippen LogP contribution in [0, 0.1) is 29.1 Å². The summed E-state index contributed by atoms with van der Waals surface area (Å²) in [5, 5.41) is 19.5. The first-order valence-corrected chi connectivity index (χ1v) is 14.2. The smallest absolute Gasteiger partial charge is 0.407 e. The van der Waals surface area contributed by atoms with E-state index in [9.17, 15) is 10.1 Å². The number of methoxy groups -OCH3 is 1. The Morgan fingerprint density at radius 3 is 2.58 bits per heavy atom. The number of carbonyl (C=O) groups excluding carboxylic acids is 1. The molecule has 2 fully saturated rings. The van der Waals surface area contributed by atoms with Crippen LogP contribution in [0.2, 0.25) is 0 Å². The highest BCUT2D eigenvalue weighted by molar-refractivity contribution is 5.68. The van der Waals surface area contributed by atoms with Gasteiger partial charge in [-0.2, -0.15) is 10.2 Å². The highest BCUT2D eigenvalue weighted by atomic mass is 16.6. The lowest BCUT2D eigenvalue weighted by atomic mass is 9.64. The summed E-state index contributed by atoms with van der Waals surface area (Å²) in [5.41, 5.74) is 0.879. The monoisotopic (exact) mass is 550 g/mol. The molecule has 4 atom stereocenters. The fraction of sp³-hybridized carbons (Fsp3) is 0.600.